The smallest absolute Gasteiger partial charge is 0.258 e. The predicted molar refractivity (Wildman–Crippen MR) is 91.5 cm³/mol. The van der Waals surface area contributed by atoms with Crippen molar-refractivity contribution < 1.29 is 4.52 Å². The highest BCUT2D eigenvalue weighted by Gasteiger charge is 2.14. The summed E-state index contributed by atoms with van der Waals surface area (Å²) in [7, 11) is 0. The van der Waals surface area contributed by atoms with Crippen molar-refractivity contribution in [1.29, 1.82) is 0 Å². The molecule has 124 valence electrons. The summed E-state index contributed by atoms with van der Waals surface area (Å²) in [4.78, 5) is 17.7. The minimum Gasteiger partial charge on any atom is -0.354 e. The average molecular weight is 324 g/mol. The molecule has 1 N–H and O–H groups in total. The minimum absolute atomic E-state index is 0.446. The number of hydrogen-bond acceptors (Lipinski definition) is 7. The fraction of sp³-hybridized carbons (Fsp3) is 0.353. The molecule has 3 rings (SSSR count). The molecule has 0 amide bonds. The Morgan fingerprint density at radius 2 is 1.62 bits per heavy atom. The summed E-state index contributed by atoms with van der Waals surface area (Å²) in [6, 6.07) is 5.68. The van der Waals surface area contributed by atoms with Crippen LogP contribution in [-0.2, 0) is 0 Å². The molecule has 0 aliphatic heterocycles. The Morgan fingerprint density at radius 3 is 2.33 bits per heavy atom. The number of rotatable bonds is 5. The molecule has 0 fully saturated rings. The lowest BCUT2D eigenvalue weighted by Gasteiger charge is -2.05. The molecule has 0 aliphatic rings. The maximum Gasteiger partial charge on any atom is 0.258 e. The van der Waals surface area contributed by atoms with E-state index in [9.17, 15) is 0 Å². The minimum atomic E-state index is 0.446. The molecule has 0 atom stereocenters. The van der Waals surface area contributed by atoms with Gasteiger partial charge in [-0.1, -0.05) is 12.1 Å². The lowest BCUT2D eigenvalue weighted by atomic mass is 10.2. The third kappa shape index (κ3) is 3.56. The van der Waals surface area contributed by atoms with Crippen molar-refractivity contribution in [2.24, 2.45) is 0 Å². The summed E-state index contributed by atoms with van der Waals surface area (Å²) in [6.07, 6.45) is 1.000. The van der Waals surface area contributed by atoms with Crippen molar-refractivity contribution in [3.63, 3.8) is 0 Å². The van der Waals surface area contributed by atoms with Crippen LogP contribution in [0.5, 0.6) is 0 Å². The molecule has 7 nitrogen and oxygen atoms in total. The second kappa shape index (κ2) is 6.74. The molecule has 0 radical (unpaired) electrons. The highest BCUT2D eigenvalue weighted by molar-refractivity contribution is 5.59. The van der Waals surface area contributed by atoms with Crippen LogP contribution >= 0.6 is 0 Å². The maximum absolute atomic E-state index is 5.41. The van der Waals surface area contributed by atoms with Crippen LogP contribution in [0.1, 0.15) is 30.4 Å². The van der Waals surface area contributed by atoms with Gasteiger partial charge in [-0.05, 0) is 45.4 Å². The zero-order chi connectivity index (χ0) is 17.1. The molecule has 0 aromatic carbocycles. The van der Waals surface area contributed by atoms with Crippen LogP contribution in [0.4, 0.5) is 5.95 Å². The highest BCUT2D eigenvalue weighted by atomic mass is 16.5. The van der Waals surface area contributed by atoms with Gasteiger partial charge in [0.05, 0.1) is 0 Å². The highest BCUT2D eigenvalue weighted by Crippen LogP contribution is 2.23. The quantitative estimate of drug-likeness (QED) is 0.769. The van der Waals surface area contributed by atoms with Crippen LogP contribution < -0.4 is 5.32 Å². The lowest BCUT2D eigenvalue weighted by Crippen LogP contribution is -2.06. The topological polar surface area (TPSA) is 89.6 Å². The van der Waals surface area contributed by atoms with Gasteiger partial charge in [-0.15, -0.1) is 0 Å². The van der Waals surface area contributed by atoms with Gasteiger partial charge in [0.15, 0.2) is 0 Å². The lowest BCUT2D eigenvalue weighted by molar-refractivity contribution is 0.432. The Hall–Kier alpha value is -2.83. The number of hydrogen-bond donors (Lipinski definition) is 1. The first kappa shape index (κ1) is 16.0. The van der Waals surface area contributed by atoms with E-state index in [1.165, 1.54) is 0 Å². The summed E-state index contributed by atoms with van der Waals surface area (Å²) < 4.78 is 5.41. The van der Waals surface area contributed by atoms with E-state index < -0.39 is 0 Å². The number of aromatic nitrogens is 5. The van der Waals surface area contributed by atoms with Crippen LogP contribution in [0.2, 0.25) is 0 Å². The SMILES string of the molecule is CCCNc1nc(C)cc(-c2noc(-c3cc(C)nc(C)c3)n2)n1. The molecule has 0 bridgehead atoms. The second-order valence-electron chi connectivity index (χ2n) is 5.71. The van der Waals surface area contributed by atoms with E-state index in [2.05, 4.69) is 37.3 Å². The van der Waals surface area contributed by atoms with Gasteiger partial charge in [0.1, 0.15) is 5.69 Å². The van der Waals surface area contributed by atoms with Crippen molar-refractivity contribution in [3.8, 4) is 23.0 Å². The molecule has 3 aromatic heterocycles. The fourth-order valence-corrected chi connectivity index (χ4v) is 2.40. The van der Waals surface area contributed by atoms with Crippen molar-refractivity contribution in [2.45, 2.75) is 34.1 Å². The zero-order valence-corrected chi connectivity index (χ0v) is 14.3. The van der Waals surface area contributed by atoms with Crippen molar-refractivity contribution >= 4 is 5.95 Å². The third-order valence-corrected chi connectivity index (χ3v) is 3.37. The monoisotopic (exact) mass is 324 g/mol. The average Bonchev–Trinajstić information content (AvgIpc) is 3.01. The van der Waals surface area contributed by atoms with E-state index >= 15 is 0 Å². The van der Waals surface area contributed by atoms with Gasteiger partial charge >= 0.3 is 0 Å². The van der Waals surface area contributed by atoms with Gasteiger partial charge in [0.25, 0.3) is 5.89 Å². The summed E-state index contributed by atoms with van der Waals surface area (Å²) in [5, 5.41) is 7.24. The molecule has 0 spiro atoms. The Bertz CT molecular complexity index is 838. The van der Waals surface area contributed by atoms with Gasteiger partial charge in [-0.2, -0.15) is 4.98 Å². The first-order chi connectivity index (χ1) is 11.5. The van der Waals surface area contributed by atoms with E-state index in [4.69, 9.17) is 4.52 Å². The van der Waals surface area contributed by atoms with Crippen molar-refractivity contribution in [3.05, 3.63) is 35.3 Å². The fourth-order valence-electron chi connectivity index (χ4n) is 2.40. The summed E-state index contributed by atoms with van der Waals surface area (Å²) in [5.41, 5.74) is 4.16. The number of nitrogens with zero attached hydrogens (tertiary/aromatic N) is 5. The molecule has 0 saturated heterocycles. The number of nitrogens with one attached hydrogen (secondary N) is 1. The Morgan fingerprint density at radius 1 is 0.917 bits per heavy atom. The summed E-state index contributed by atoms with van der Waals surface area (Å²) in [6.45, 7) is 8.70. The zero-order valence-electron chi connectivity index (χ0n) is 14.3. The van der Waals surface area contributed by atoms with Gasteiger partial charge < -0.3 is 9.84 Å². The molecule has 0 saturated carbocycles. The van der Waals surface area contributed by atoms with Crippen LogP contribution in [-0.4, -0.2) is 31.6 Å². The normalized spacial score (nSPS) is 10.8. The van der Waals surface area contributed by atoms with E-state index in [0.717, 1.165) is 35.6 Å². The molecular weight excluding hydrogens is 304 g/mol. The Labute approximate surface area is 140 Å². The molecule has 24 heavy (non-hydrogen) atoms. The standard InChI is InChI=1S/C17H20N6O/c1-5-6-18-17-20-12(4)9-14(21-17)15-22-16(24-23-15)13-7-10(2)19-11(3)8-13/h7-9H,5-6H2,1-4H3,(H,18,20,21). The van der Waals surface area contributed by atoms with Gasteiger partial charge in [-0.3, -0.25) is 4.98 Å². The summed E-state index contributed by atoms with van der Waals surface area (Å²) >= 11 is 0. The number of aryl methyl sites for hydroxylation is 3. The van der Waals surface area contributed by atoms with E-state index in [1.807, 2.05) is 39.0 Å². The van der Waals surface area contributed by atoms with Crippen LogP contribution in [0.3, 0.4) is 0 Å². The van der Waals surface area contributed by atoms with Crippen molar-refractivity contribution in [2.75, 3.05) is 11.9 Å². The maximum atomic E-state index is 5.41. The Kier molecular flexibility index (Phi) is 4.50. The van der Waals surface area contributed by atoms with Gasteiger partial charge in [-0.25, -0.2) is 9.97 Å². The van der Waals surface area contributed by atoms with Crippen LogP contribution in [0.15, 0.2) is 22.7 Å². The van der Waals surface area contributed by atoms with Gasteiger partial charge in [0.2, 0.25) is 11.8 Å². The second-order valence-corrected chi connectivity index (χ2v) is 5.71. The predicted octanol–water partition coefficient (Wildman–Crippen LogP) is 3.34. The van der Waals surface area contributed by atoms with E-state index in [0.29, 0.717) is 23.4 Å². The number of anilines is 1. The van der Waals surface area contributed by atoms with Gasteiger partial charge in [0, 0.05) is 29.2 Å². The van der Waals surface area contributed by atoms with E-state index in [-0.39, 0.29) is 0 Å². The molecule has 0 unspecified atom stereocenters. The van der Waals surface area contributed by atoms with Crippen LogP contribution in [0, 0.1) is 20.8 Å². The van der Waals surface area contributed by atoms with E-state index in [1.54, 1.807) is 0 Å². The Balaban J connectivity index is 1.94. The van der Waals surface area contributed by atoms with Crippen molar-refractivity contribution in [1.82, 2.24) is 25.1 Å². The molecule has 3 aromatic rings. The largest absolute Gasteiger partial charge is 0.354 e. The number of pyridine rings is 1. The molecule has 7 heteroatoms. The summed E-state index contributed by atoms with van der Waals surface area (Å²) in [5.74, 6) is 1.48. The third-order valence-electron chi connectivity index (χ3n) is 3.37. The van der Waals surface area contributed by atoms with Crippen LogP contribution in [0.25, 0.3) is 23.0 Å². The molecular formula is C17H20N6O. The molecule has 0 aliphatic carbocycles. The first-order valence-corrected chi connectivity index (χ1v) is 7.94. The molecule has 3 heterocycles. The first-order valence-electron chi connectivity index (χ1n) is 7.94.